The number of halogens is 1. The maximum atomic E-state index is 11.2. The standard InChI is InChI=1S/C11H11ClO/c1-3-4-9-7-10(12)5-6-11(9)8(2)13/h3,5-7H,1,4H2,2H3. The molecule has 1 nitrogen and oxygen atoms in total. The average molecular weight is 195 g/mol. The van der Waals surface area contributed by atoms with Crippen LogP contribution in [0.15, 0.2) is 30.9 Å². The Morgan fingerprint density at radius 3 is 2.85 bits per heavy atom. The third-order valence-corrected chi connectivity index (χ3v) is 2.05. The number of benzene rings is 1. The van der Waals surface area contributed by atoms with Crippen molar-refractivity contribution < 1.29 is 4.79 Å². The summed E-state index contributed by atoms with van der Waals surface area (Å²) in [6.45, 7) is 5.18. The summed E-state index contributed by atoms with van der Waals surface area (Å²) in [5.41, 5.74) is 1.67. The van der Waals surface area contributed by atoms with Crippen LogP contribution < -0.4 is 0 Å². The Balaban J connectivity index is 3.17. The van der Waals surface area contributed by atoms with Crippen LogP contribution in [0.2, 0.25) is 5.02 Å². The maximum absolute atomic E-state index is 11.2. The zero-order valence-electron chi connectivity index (χ0n) is 7.51. The number of allylic oxidation sites excluding steroid dienone is 1. The van der Waals surface area contributed by atoms with E-state index in [0.717, 1.165) is 11.1 Å². The van der Waals surface area contributed by atoms with Crippen LogP contribution in [0.3, 0.4) is 0 Å². The van der Waals surface area contributed by atoms with Gasteiger partial charge in [0.1, 0.15) is 0 Å². The minimum Gasteiger partial charge on any atom is -0.295 e. The first kappa shape index (κ1) is 10.0. The Kier molecular flexibility index (Phi) is 3.26. The van der Waals surface area contributed by atoms with Crippen molar-refractivity contribution in [2.24, 2.45) is 0 Å². The minimum absolute atomic E-state index is 0.0634. The van der Waals surface area contributed by atoms with Crippen LogP contribution in [0.4, 0.5) is 0 Å². The number of carbonyl (C=O) groups excluding carboxylic acids is 1. The molecule has 2 heteroatoms. The van der Waals surface area contributed by atoms with Crippen LogP contribution >= 0.6 is 11.6 Å². The molecule has 0 amide bonds. The molecule has 1 aromatic rings. The van der Waals surface area contributed by atoms with Crippen molar-refractivity contribution in [2.75, 3.05) is 0 Å². The van der Waals surface area contributed by atoms with Crippen molar-refractivity contribution in [1.29, 1.82) is 0 Å². The molecule has 0 saturated carbocycles. The minimum atomic E-state index is 0.0634. The summed E-state index contributed by atoms with van der Waals surface area (Å²) in [6.07, 6.45) is 2.44. The van der Waals surface area contributed by atoms with E-state index in [1.165, 1.54) is 0 Å². The van der Waals surface area contributed by atoms with Crippen molar-refractivity contribution in [3.05, 3.63) is 47.0 Å². The van der Waals surface area contributed by atoms with Gasteiger partial charge in [0.25, 0.3) is 0 Å². The fourth-order valence-electron chi connectivity index (χ4n) is 1.23. The second kappa shape index (κ2) is 4.24. The van der Waals surface area contributed by atoms with E-state index in [0.29, 0.717) is 11.4 Å². The van der Waals surface area contributed by atoms with Crippen molar-refractivity contribution >= 4 is 17.4 Å². The predicted molar refractivity (Wildman–Crippen MR) is 55.4 cm³/mol. The number of Topliss-reactive ketones (excluding diaryl/α,β-unsaturated/α-hetero) is 1. The van der Waals surface area contributed by atoms with Gasteiger partial charge in [-0.3, -0.25) is 4.79 Å². The zero-order chi connectivity index (χ0) is 9.84. The van der Waals surface area contributed by atoms with E-state index in [-0.39, 0.29) is 5.78 Å². The van der Waals surface area contributed by atoms with Gasteiger partial charge in [-0.2, -0.15) is 0 Å². The third-order valence-electron chi connectivity index (χ3n) is 1.81. The highest BCUT2D eigenvalue weighted by Crippen LogP contribution is 2.17. The van der Waals surface area contributed by atoms with Crippen molar-refractivity contribution in [1.82, 2.24) is 0 Å². The maximum Gasteiger partial charge on any atom is 0.160 e. The molecule has 0 radical (unpaired) electrons. The SMILES string of the molecule is C=CCc1cc(Cl)ccc1C(C)=O. The molecular formula is C11H11ClO. The first-order chi connectivity index (χ1) is 6.15. The normalized spacial score (nSPS) is 9.69. The van der Waals surface area contributed by atoms with Gasteiger partial charge in [-0.05, 0) is 37.1 Å². The number of carbonyl (C=O) groups is 1. The summed E-state index contributed by atoms with van der Waals surface area (Å²) in [7, 11) is 0. The topological polar surface area (TPSA) is 17.1 Å². The molecule has 13 heavy (non-hydrogen) atoms. The summed E-state index contributed by atoms with van der Waals surface area (Å²) >= 11 is 5.81. The van der Waals surface area contributed by atoms with Gasteiger partial charge >= 0.3 is 0 Å². The molecule has 0 aromatic heterocycles. The van der Waals surface area contributed by atoms with E-state index in [1.54, 1.807) is 31.2 Å². The molecule has 0 fully saturated rings. The van der Waals surface area contributed by atoms with Gasteiger partial charge < -0.3 is 0 Å². The molecule has 1 rings (SSSR count). The first-order valence-electron chi connectivity index (χ1n) is 4.05. The van der Waals surface area contributed by atoms with Crippen LogP contribution in [0.1, 0.15) is 22.8 Å². The Labute approximate surface area is 83.0 Å². The van der Waals surface area contributed by atoms with Gasteiger partial charge in [-0.25, -0.2) is 0 Å². The first-order valence-corrected chi connectivity index (χ1v) is 4.43. The lowest BCUT2D eigenvalue weighted by Gasteiger charge is -2.04. The number of hydrogen-bond donors (Lipinski definition) is 0. The Hall–Kier alpha value is -1.08. The fourth-order valence-corrected chi connectivity index (χ4v) is 1.42. The zero-order valence-corrected chi connectivity index (χ0v) is 8.27. The van der Waals surface area contributed by atoms with Crippen LogP contribution in [0.5, 0.6) is 0 Å². The van der Waals surface area contributed by atoms with Gasteiger partial charge in [-0.1, -0.05) is 17.7 Å². The second-order valence-electron chi connectivity index (χ2n) is 2.85. The predicted octanol–water partition coefficient (Wildman–Crippen LogP) is 3.27. The van der Waals surface area contributed by atoms with Gasteiger partial charge in [0.05, 0.1) is 0 Å². The van der Waals surface area contributed by atoms with Crippen molar-refractivity contribution in [2.45, 2.75) is 13.3 Å². The molecule has 0 heterocycles. The molecule has 0 bridgehead atoms. The Bertz CT molecular complexity index is 342. The third kappa shape index (κ3) is 2.43. The van der Waals surface area contributed by atoms with E-state index in [4.69, 9.17) is 11.6 Å². The lowest BCUT2D eigenvalue weighted by atomic mass is 10.0. The number of ketones is 1. The van der Waals surface area contributed by atoms with Crippen LogP contribution in [0.25, 0.3) is 0 Å². The quantitative estimate of drug-likeness (QED) is 0.533. The van der Waals surface area contributed by atoms with Crippen molar-refractivity contribution in [3.8, 4) is 0 Å². The molecule has 0 saturated heterocycles. The molecule has 0 aliphatic heterocycles. The lowest BCUT2D eigenvalue weighted by molar-refractivity contribution is 0.101. The average Bonchev–Trinajstić information content (AvgIpc) is 2.04. The summed E-state index contributed by atoms with van der Waals surface area (Å²) in [4.78, 5) is 11.2. The largest absolute Gasteiger partial charge is 0.295 e. The van der Waals surface area contributed by atoms with E-state index in [9.17, 15) is 4.79 Å². The highest BCUT2D eigenvalue weighted by molar-refractivity contribution is 6.30. The van der Waals surface area contributed by atoms with Gasteiger partial charge in [0.15, 0.2) is 5.78 Å². The molecule has 0 unspecified atom stereocenters. The van der Waals surface area contributed by atoms with E-state index < -0.39 is 0 Å². The summed E-state index contributed by atoms with van der Waals surface area (Å²) in [5.74, 6) is 0.0634. The molecule has 0 N–H and O–H groups in total. The monoisotopic (exact) mass is 194 g/mol. The molecule has 0 spiro atoms. The van der Waals surface area contributed by atoms with Crippen molar-refractivity contribution in [3.63, 3.8) is 0 Å². The van der Waals surface area contributed by atoms with E-state index in [2.05, 4.69) is 6.58 Å². The van der Waals surface area contributed by atoms with E-state index in [1.807, 2.05) is 0 Å². The molecule has 1 aromatic carbocycles. The molecule has 0 aliphatic carbocycles. The highest BCUT2D eigenvalue weighted by Gasteiger charge is 2.05. The summed E-state index contributed by atoms with van der Waals surface area (Å²) < 4.78 is 0. The van der Waals surface area contributed by atoms with Crippen LogP contribution in [0, 0.1) is 0 Å². The van der Waals surface area contributed by atoms with Crippen LogP contribution in [-0.2, 0) is 6.42 Å². The smallest absolute Gasteiger partial charge is 0.160 e. The number of hydrogen-bond acceptors (Lipinski definition) is 1. The molecule has 0 atom stereocenters. The van der Waals surface area contributed by atoms with Gasteiger partial charge in [0.2, 0.25) is 0 Å². The van der Waals surface area contributed by atoms with Gasteiger partial charge in [0, 0.05) is 10.6 Å². The van der Waals surface area contributed by atoms with Gasteiger partial charge in [-0.15, -0.1) is 6.58 Å². The summed E-state index contributed by atoms with van der Waals surface area (Å²) in [6, 6.07) is 5.29. The molecule has 0 aliphatic rings. The highest BCUT2D eigenvalue weighted by atomic mass is 35.5. The Morgan fingerprint density at radius 1 is 1.62 bits per heavy atom. The molecule has 68 valence electrons. The lowest BCUT2D eigenvalue weighted by Crippen LogP contribution is -1.98. The number of rotatable bonds is 3. The van der Waals surface area contributed by atoms with Crippen LogP contribution in [-0.4, -0.2) is 5.78 Å². The summed E-state index contributed by atoms with van der Waals surface area (Å²) in [5, 5.41) is 0.654. The second-order valence-corrected chi connectivity index (χ2v) is 3.29. The Morgan fingerprint density at radius 2 is 2.31 bits per heavy atom. The van der Waals surface area contributed by atoms with E-state index >= 15 is 0 Å². The fraction of sp³-hybridized carbons (Fsp3) is 0.182. The molecular weight excluding hydrogens is 184 g/mol.